The third-order valence-corrected chi connectivity index (χ3v) is 4.03. The molecular formula is C14H27N3O2. The van der Waals surface area contributed by atoms with Crippen LogP contribution in [0.15, 0.2) is 0 Å². The highest BCUT2D eigenvalue weighted by Gasteiger charge is 2.41. The Morgan fingerprint density at radius 2 is 2.21 bits per heavy atom. The second kappa shape index (κ2) is 5.77. The van der Waals surface area contributed by atoms with Crippen molar-refractivity contribution in [1.82, 2.24) is 15.1 Å². The average molecular weight is 269 g/mol. The summed E-state index contributed by atoms with van der Waals surface area (Å²) in [6, 6.07) is -0.0931. The van der Waals surface area contributed by atoms with Gasteiger partial charge in [0.05, 0.1) is 12.1 Å². The lowest BCUT2D eigenvalue weighted by molar-refractivity contribution is -0.145. The number of nitrogens with one attached hydrogen (secondary N) is 1. The molecule has 0 aliphatic carbocycles. The Morgan fingerprint density at radius 3 is 2.79 bits per heavy atom. The molecule has 5 nitrogen and oxygen atoms in total. The van der Waals surface area contributed by atoms with Crippen molar-refractivity contribution >= 4 is 5.91 Å². The minimum absolute atomic E-state index is 0.0931. The summed E-state index contributed by atoms with van der Waals surface area (Å²) in [7, 11) is 4.00. The van der Waals surface area contributed by atoms with Crippen molar-refractivity contribution in [2.24, 2.45) is 0 Å². The Balaban J connectivity index is 2.04. The van der Waals surface area contributed by atoms with Gasteiger partial charge in [-0.2, -0.15) is 0 Å². The molecule has 0 radical (unpaired) electrons. The smallest absolute Gasteiger partial charge is 0.241 e. The van der Waals surface area contributed by atoms with Crippen molar-refractivity contribution in [3.05, 3.63) is 0 Å². The largest absolute Gasteiger partial charge is 0.376 e. The number of amides is 1. The van der Waals surface area contributed by atoms with Crippen molar-refractivity contribution in [1.29, 1.82) is 0 Å². The van der Waals surface area contributed by atoms with E-state index in [0.29, 0.717) is 0 Å². The quantitative estimate of drug-likeness (QED) is 0.797. The van der Waals surface area contributed by atoms with Gasteiger partial charge >= 0.3 is 0 Å². The van der Waals surface area contributed by atoms with Gasteiger partial charge in [0.2, 0.25) is 5.91 Å². The summed E-state index contributed by atoms with van der Waals surface area (Å²) in [6.45, 7) is 7.41. The first kappa shape index (κ1) is 14.8. The molecule has 110 valence electrons. The van der Waals surface area contributed by atoms with Gasteiger partial charge < -0.3 is 19.9 Å². The predicted octanol–water partition coefficient (Wildman–Crippen LogP) is 0.306. The maximum Gasteiger partial charge on any atom is 0.241 e. The molecule has 1 amide bonds. The Morgan fingerprint density at radius 1 is 1.47 bits per heavy atom. The molecule has 19 heavy (non-hydrogen) atoms. The molecule has 2 aliphatic rings. The van der Waals surface area contributed by atoms with Crippen molar-refractivity contribution < 1.29 is 9.53 Å². The van der Waals surface area contributed by atoms with Crippen LogP contribution in [0.3, 0.4) is 0 Å². The highest BCUT2D eigenvalue weighted by Crippen LogP contribution is 2.23. The molecule has 0 bridgehead atoms. The molecule has 2 fully saturated rings. The number of piperazine rings is 1. The van der Waals surface area contributed by atoms with E-state index >= 15 is 0 Å². The predicted molar refractivity (Wildman–Crippen MR) is 75.1 cm³/mol. The first-order valence-corrected chi connectivity index (χ1v) is 7.21. The topological polar surface area (TPSA) is 44.8 Å². The SMILES string of the molecule is CN(C)CC1NCC(C)(C)N(CC2CCCO2)C1=O. The van der Waals surface area contributed by atoms with E-state index in [1.54, 1.807) is 0 Å². The van der Waals surface area contributed by atoms with E-state index in [-0.39, 0.29) is 23.6 Å². The number of nitrogens with zero attached hydrogens (tertiary/aromatic N) is 2. The van der Waals surface area contributed by atoms with Crippen LogP contribution in [0.5, 0.6) is 0 Å². The number of hydrogen-bond acceptors (Lipinski definition) is 4. The summed E-state index contributed by atoms with van der Waals surface area (Å²) in [5.41, 5.74) is -0.133. The molecule has 0 spiro atoms. The first-order chi connectivity index (χ1) is 8.90. The van der Waals surface area contributed by atoms with Crippen molar-refractivity contribution in [3.8, 4) is 0 Å². The molecule has 2 saturated heterocycles. The molecule has 2 atom stereocenters. The lowest BCUT2D eigenvalue weighted by Gasteiger charge is -2.47. The Kier molecular flexibility index (Phi) is 4.48. The van der Waals surface area contributed by atoms with Crippen LogP contribution < -0.4 is 5.32 Å². The van der Waals surface area contributed by atoms with Crippen LogP contribution in [0, 0.1) is 0 Å². The van der Waals surface area contributed by atoms with Crippen LogP contribution in [0.25, 0.3) is 0 Å². The summed E-state index contributed by atoms with van der Waals surface area (Å²) in [5, 5.41) is 3.37. The number of likely N-dealkylation sites (N-methyl/N-ethyl adjacent to an activating group) is 1. The van der Waals surface area contributed by atoms with E-state index < -0.39 is 0 Å². The average Bonchev–Trinajstić information content (AvgIpc) is 2.81. The number of ether oxygens (including phenoxy) is 1. The van der Waals surface area contributed by atoms with Gasteiger partial charge in [0, 0.05) is 31.8 Å². The summed E-state index contributed by atoms with van der Waals surface area (Å²) in [5.74, 6) is 0.209. The maximum absolute atomic E-state index is 12.6. The summed E-state index contributed by atoms with van der Waals surface area (Å²) >= 11 is 0. The summed E-state index contributed by atoms with van der Waals surface area (Å²) in [6.07, 6.45) is 2.42. The van der Waals surface area contributed by atoms with E-state index in [9.17, 15) is 4.79 Å². The third kappa shape index (κ3) is 3.46. The van der Waals surface area contributed by atoms with Crippen LogP contribution in [0.1, 0.15) is 26.7 Å². The van der Waals surface area contributed by atoms with E-state index in [1.165, 1.54) is 0 Å². The van der Waals surface area contributed by atoms with Crippen LogP contribution in [-0.4, -0.2) is 73.7 Å². The van der Waals surface area contributed by atoms with Crippen molar-refractivity contribution in [2.45, 2.75) is 44.4 Å². The number of rotatable bonds is 4. The second-order valence-corrected chi connectivity index (χ2v) is 6.59. The number of carbonyl (C=O) groups excluding carboxylic acids is 1. The van der Waals surface area contributed by atoms with Crippen LogP contribution in [-0.2, 0) is 9.53 Å². The Hall–Kier alpha value is -0.650. The molecule has 0 aromatic heterocycles. The van der Waals surface area contributed by atoms with Gasteiger partial charge in [0.15, 0.2) is 0 Å². The van der Waals surface area contributed by atoms with Gasteiger partial charge in [-0.15, -0.1) is 0 Å². The van der Waals surface area contributed by atoms with Gasteiger partial charge in [-0.1, -0.05) is 0 Å². The molecule has 2 heterocycles. The van der Waals surface area contributed by atoms with Gasteiger partial charge in [-0.3, -0.25) is 4.79 Å². The zero-order chi connectivity index (χ0) is 14.0. The molecule has 0 aromatic carbocycles. The van der Waals surface area contributed by atoms with Crippen molar-refractivity contribution in [2.75, 3.05) is 40.3 Å². The standard InChI is InChI=1S/C14H27N3O2/c1-14(2)10-15-12(9-16(3)4)13(18)17(14)8-11-6-5-7-19-11/h11-12,15H,5-10H2,1-4H3. The third-order valence-electron chi connectivity index (χ3n) is 4.03. The van der Waals surface area contributed by atoms with E-state index in [1.807, 2.05) is 19.0 Å². The summed E-state index contributed by atoms with van der Waals surface area (Å²) < 4.78 is 5.69. The lowest BCUT2D eigenvalue weighted by Crippen LogP contribution is -2.67. The zero-order valence-corrected chi connectivity index (χ0v) is 12.6. The fourth-order valence-electron chi connectivity index (χ4n) is 2.88. The Labute approximate surface area is 116 Å². The monoisotopic (exact) mass is 269 g/mol. The lowest BCUT2D eigenvalue weighted by atomic mass is 9.95. The fourth-order valence-corrected chi connectivity index (χ4v) is 2.88. The molecular weight excluding hydrogens is 242 g/mol. The molecule has 2 unspecified atom stereocenters. The highest BCUT2D eigenvalue weighted by molar-refractivity contribution is 5.84. The normalized spacial score (nSPS) is 31.2. The zero-order valence-electron chi connectivity index (χ0n) is 12.6. The minimum atomic E-state index is -0.133. The molecule has 0 aromatic rings. The van der Waals surface area contributed by atoms with E-state index in [2.05, 4.69) is 24.1 Å². The minimum Gasteiger partial charge on any atom is -0.376 e. The van der Waals surface area contributed by atoms with Crippen molar-refractivity contribution in [3.63, 3.8) is 0 Å². The molecule has 2 aliphatic heterocycles. The molecule has 2 rings (SSSR count). The molecule has 0 saturated carbocycles. The van der Waals surface area contributed by atoms with Gasteiger partial charge in [0.1, 0.15) is 0 Å². The fraction of sp³-hybridized carbons (Fsp3) is 0.929. The molecule has 5 heteroatoms. The second-order valence-electron chi connectivity index (χ2n) is 6.59. The Bertz CT molecular complexity index is 325. The van der Waals surface area contributed by atoms with E-state index in [4.69, 9.17) is 4.74 Å². The van der Waals surface area contributed by atoms with E-state index in [0.717, 1.165) is 39.1 Å². The van der Waals surface area contributed by atoms with Crippen LogP contribution in [0.4, 0.5) is 0 Å². The van der Waals surface area contributed by atoms with Crippen LogP contribution in [0.2, 0.25) is 0 Å². The first-order valence-electron chi connectivity index (χ1n) is 7.21. The number of hydrogen-bond donors (Lipinski definition) is 1. The maximum atomic E-state index is 12.6. The van der Waals surface area contributed by atoms with Gasteiger partial charge in [0.25, 0.3) is 0 Å². The molecule has 1 N–H and O–H groups in total. The highest BCUT2D eigenvalue weighted by atomic mass is 16.5. The van der Waals surface area contributed by atoms with Gasteiger partial charge in [-0.25, -0.2) is 0 Å². The van der Waals surface area contributed by atoms with Crippen LogP contribution >= 0.6 is 0 Å². The number of carbonyl (C=O) groups is 1. The van der Waals surface area contributed by atoms with Gasteiger partial charge in [-0.05, 0) is 40.8 Å². The summed E-state index contributed by atoms with van der Waals surface area (Å²) in [4.78, 5) is 16.7.